The number of allylic oxidation sites excluding steroid dienone is 1. The van der Waals surface area contributed by atoms with E-state index in [0.717, 1.165) is 0 Å². The second-order valence-electron chi connectivity index (χ2n) is 2.34. The van der Waals surface area contributed by atoms with Gasteiger partial charge >= 0.3 is 0 Å². The first-order chi connectivity index (χ1) is 4.77. The van der Waals surface area contributed by atoms with Crippen LogP contribution in [0.25, 0.3) is 0 Å². The summed E-state index contributed by atoms with van der Waals surface area (Å²) in [5.41, 5.74) is 0. The fraction of sp³-hybridized carbons (Fsp3) is 0.750. The third-order valence-electron chi connectivity index (χ3n) is 1.36. The molecule has 0 bridgehead atoms. The Balaban J connectivity index is 2.98. The molecule has 0 aliphatic rings. The first-order valence-corrected chi connectivity index (χ1v) is 5.94. The molecule has 0 saturated carbocycles. The van der Waals surface area contributed by atoms with Gasteiger partial charge < -0.3 is 0 Å². The van der Waals surface area contributed by atoms with Crippen molar-refractivity contribution in [3.8, 4) is 0 Å². The van der Waals surface area contributed by atoms with Crippen LogP contribution in [0.2, 0.25) is 0 Å². The van der Waals surface area contributed by atoms with Crippen LogP contribution in [0.5, 0.6) is 0 Å². The molecule has 10 heavy (non-hydrogen) atoms. The zero-order valence-electron chi connectivity index (χ0n) is 6.37. The van der Waals surface area contributed by atoms with E-state index in [1.54, 1.807) is 0 Å². The lowest BCUT2D eigenvalue weighted by molar-refractivity contribution is 0.675. The van der Waals surface area contributed by atoms with Crippen molar-refractivity contribution in [3.05, 3.63) is 7.66 Å². The summed E-state index contributed by atoms with van der Waals surface area (Å²) in [6.07, 6.45) is 9.06. The molecule has 0 aromatic rings. The normalized spacial score (nSPS) is 9.50. The van der Waals surface area contributed by atoms with Gasteiger partial charge in [0.25, 0.3) is 0 Å². The quantitative estimate of drug-likeness (QED) is 0.492. The van der Waals surface area contributed by atoms with Crippen molar-refractivity contribution >= 4 is 45.2 Å². The number of hydrogen-bond acceptors (Lipinski definition) is 0. The zero-order valence-corrected chi connectivity index (χ0v) is 10.7. The van der Waals surface area contributed by atoms with Crippen LogP contribution >= 0.6 is 45.2 Å². The van der Waals surface area contributed by atoms with Crippen LogP contribution in [0.4, 0.5) is 0 Å². The fourth-order valence-corrected chi connectivity index (χ4v) is 1.41. The molecule has 0 aliphatic heterocycles. The van der Waals surface area contributed by atoms with Crippen LogP contribution in [-0.4, -0.2) is 0 Å². The standard InChI is InChI=1S/C8H14I2/c1-2-3-4-5-6-7-8(9)10/h7H,2-6H2,1H3. The van der Waals surface area contributed by atoms with E-state index >= 15 is 0 Å². The second kappa shape index (κ2) is 8.30. The van der Waals surface area contributed by atoms with Crippen LogP contribution in [-0.2, 0) is 0 Å². The molecule has 0 nitrogen and oxygen atoms in total. The van der Waals surface area contributed by atoms with E-state index in [9.17, 15) is 0 Å². The lowest BCUT2D eigenvalue weighted by Gasteiger charge is -1.93. The molecule has 0 spiro atoms. The topological polar surface area (TPSA) is 0 Å². The molecule has 2 heteroatoms. The summed E-state index contributed by atoms with van der Waals surface area (Å²) in [4.78, 5) is 0. The molecule has 0 rings (SSSR count). The largest absolute Gasteiger partial charge is 0.0654 e. The van der Waals surface area contributed by atoms with Crippen LogP contribution in [0.1, 0.15) is 39.0 Å². The molecule has 0 aromatic heterocycles. The van der Waals surface area contributed by atoms with Gasteiger partial charge in [0.1, 0.15) is 0 Å². The van der Waals surface area contributed by atoms with Crippen molar-refractivity contribution in [1.29, 1.82) is 0 Å². The molecule has 0 aromatic carbocycles. The Bertz CT molecular complexity index is 93.4. The highest BCUT2D eigenvalue weighted by Gasteiger charge is 1.85. The van der Waals surface area contributed by atoms with Crippen molar-refractivity contribution in [2.45, 2.75) is 39.0 Å². The third kappa shape index (κ3) is 9.20. The molecule has 60 valence electrons. The van der Waals surface area contributed by atoms with E-state index in [2.05, 4.69) is 58.2 Å². The molecule has 0 radical (unpaired) electrons. The maximum absolute atomic E-state index is 2.35. The first-order valence-electron chi connectivity index (χ1n) is 3.78. The summed E-state index contributed by atoms with van der Waals surface area (Å²) in [6, 6.07) is 0. The van der Waals surface area contributed by atoms with Gasteiger partial charge in [-0.2, -0.15) is 0 Å². The predicted octanol–water partition coefficient (Wildman–Crippen LogP) is 4.67. The Morgan fingerprint density at radius 1 is 1.20 bits per heavy atom. The molecule has 0 fully saturated rings. The van der Waals surface area contributed by atoms with Crippen molar-refractivity contribution in [2.24, 2.45) is 0 Å². The Morgan fingerprint density at radius 3 is 2.40 bits per heavy atom. The minimum Gasteiger partial charge on any atom is -0.0654 e. The maximum Gasteiger partial charge on any atom is 0.0474 e. The van der Waals surface area contributed by atoms with Gasteiger partial charge in [-0.25, -0.2) is 0 Å². The highest BCUT2D eigenvalue weighted by molar-refractivity contribution is 14.2. The fourth-order valence-electron chi connectivity index (χ4n) is 0.782. The third-order valence-corrected chi connectivity index (χ3v) is 2.24. The Morgan fingerprint density at radius 2 is 1.90 bits per heavy atom. The Labute approximate surface area is 91.1 Å². The molecule has 0 N–H and O–H groups in total. The second-order valence-corrected chi connectivity index (χ2v) is 6.73. The highest BCUT2D eigenvalue weighted by atomic mass is 127. The lowest BCUT2D eigenvalue weighted by atomic mass is 10.2. The summed E-state index contributed by atoms with van der Waals surface area (Å²) in [5.74, 6) is 0. The minimum absolute atomic E-state index is 1.27. The highest BCUT2D eigenvalue weighted by Crippen LogP contribution is 2.16. The van der Waals surface area contributed by atoms with E-state index in [-0.39, 0.29) is 0 Å². The first kappa shape index (κ1) is 11.2. The molecule has 0 unspecified atom stereocenters. The van der Waals surface area contributed by atoms with E-state index in [1.165, 1.54) is 33.7 Å². The predicted molar refractivity (Wildman–Crippen MR) is 64.9 cm³/mol. The van der Waals surface area contributed by atoms with Gasteiger partial charge in [-0.3, -0.25) is 0 Å². The van der Waals surface area contributed by atoms with Crippen molar-refractivity contribution in [1.82, 2.24) is 0 Å². The van der Waals surface area contributed by atoms with E-state index in [0.29, 0.717) is 0 Å². The minimum atomic E-state index is 1.27. The van der Waals surface area contributed by atoms with Crippen LogP contribution < -0.4 is 0 Å². The monoisotopic (exact) mass is 364 g/mol. The molecule has 0 aliphatic carbocycles. The summed E-state index contributed by atoms with van der Waals surface area (Å²) in [7, 11) is 0. The van der Waals surface area contributed by atoms with E-state index < -0.39 is 0 Å². The molecular formula is C8H14I2. The Kier molecular flexibility index (Phi) is 9.29. The summed E-state index contributed by atoms with van der Waals surface area (Å²) in [5, 5.41) is 0. The number of unbranched alkanes of at least 4 members (excludes halogenated alkanes) is 4. The van der Waals surface area contributed by atoms with Crippen LogP contribution in [0.15, 0.2) is 7.66 Å². The Hall–Kier alpha value is 1.20. The van der Waals surface area contributed by atoms with Gasteiger partial charge in [0.15, 0.2) is 0 Å². The SMILES string of the molecule is CCCCCCC=C(I)I. The van der Waals surface area contributed by atoms with Crippen molar-refractivity contribution < 1.29 is 0 Å². The summed E-state index contributed by atoms with van der Waals surface area (Å²) < 4.78 is 1.40. The molecule has 0 heterocycles. The van der Waals surface area contributed by atoms with Crippen molar-refractivity contribution in [2.75, 3.05) is 0 Å². The molecule has 0 atom stereocenters. The molecular weight excluding hydrogens is 350 g/mol. The van der Waals surface area contributed by atoms with Crippen LogP contribution in [0.3, 0.4) is 0 Å². The summed E-state index contributed by atoms with van der Waals surface area (Å²) >= 11 is 4.70. The molecule has 0 amide bonds. The van der Waals surface area contributed by atoms with Gasteiger partial charge in [0.05, 0.1) is 0 Å². The van der Waals surface area contributed by atoms with Gasteiger partial charge in [-0.05, 0) is 58.0 Å². The summed E-state index contributed by atoms with van der Waals surface area (Å²) in [6.45, 7) is 2.25. The average Bonchev–Trinajstić information content (AvgIpc) is 1.87. The average molecular weight is 364 g/mol. The number of rotatable bonds is 5. The number of halogens is 2. The maximum atomic E-state index is 2.35. The van der Waals surface area contributed by atoms with E-state index in [4.69, 9.17) is 0 Å². The van der Waals surface area contributed by atoms with E-state index in [1.807, 2.05) is 0 Å². The van der Waals surface area contributed by atoms with Gasteiger partial charge in [-0.1, -0.05) is 32.3 Å². The smallest absolute Gasteiger partial charge is 0.0474 e. The van der Waals surface area contributed by atoms with Gasteiger partial charge in [0.2, 0.25) is 0 Å². The zero-order chi connectivity index (χ0) is 7.82. The van der Waals surface area contributed by atoms with Crippen LogP contribution in [0, 0.1) is 0 Å². The lowest BCUT2D eigenvalue weighted by Crippen LogP contribution is -1.73. The van der Waals surface area contributed by atoms with Gasteiger partial charge in [0, 0.05) is 1.59 Å². The number of hydrogen-bond donors (Lipinski definition) is 0. The van der Waals surface area contributed by atoms with Gasteiger partial charge in [-0.15, -0.1) is 0 Å². The molecule has 0 saturated heterocycles. The van der Waals surface area contributed by atoms with Crippen molar-refractivity contribution in [3.63, 3.8) is 0 Å².